The molecule has 0 bridgehead atoms. The van der Waals surface area contributed by atoms with Gasteiger partial charge >= 0.3 is 0 Å². The maximum Gasteiger partial charge on any atom is 0.262 e. The second-order valence-corrected chi connectivity index (χ2v) is 8.39. The van der Waals surface area contributed by atoms with Crippen LogP contribution in [0, 0.1) is 18.6 Å². The van der Waals surface area contributed by atoms with Crippen LogP contribution in [0.1, 0.15) is 27.8 Å². The minimum Gasteiger partial charge on any atom is -0.494 e. The average molecular weight is 452 g/mol. The number of aryl methyl sites for hydroxylation is 2. The molecule has 3 aromatic carbocycles. The third-order valence-corrected chi connectivity index (χ3v) is 6.17. The highest BCUT2D eigenvalue weighted by Crippen LogP contribution is 2.38. The van der Waals surface area contributed by atoms with E-state index in [1.54, 1.807) is 6.08 Å². The van der Waals surface area contributed by atoms with Gasteiger partial charge in [-0.15, -0.1) is 0 Å². The van der Waals surface area contributed by atoms with Gasteiger partial charge in [0.15, 0.2) is 4.77 Å². The molecule has 0 radical (unpaired) electrons. The van der Waals surface area contributed by atoms with Crippen LogP contribution in [-0.2, 0) is 0 Å². The van der Waals surface area contributed by atoms with Gasteiger partial charge in [-0.25, -0.2) is 4.99 Å². The van der Waals surface area contributed by atoms with Gasteiger partial charge in [0.05, 0.1) is 17.1 Å². The van der Waals surface area contributed by atoms with Crippen LogP contribution in [0.3, 0.4) is 0 Å². The van der Waals surface area contributed by atoms with Crippen molar-refractivity contribution in [3.05, 3.63) is 116 Å². The summed E-state index contributed by atoms with van der Waals surface area (Å²) < 4.78 is 1.61. The molecule has 0 aliphatic carbocycles. The standard InChI is InChI=1S/C27H21N3O2S/c1-16-12-13-19(14-17(16)2)30-26(32)22(25(31)29-27(30)33)15-21-20-10-6-7-11-23(20)28-24(21)18-8-4-3-5-9-18/h3-15,32H,1-2H3,(H,29,31,33). The van der Waals surface area contributed by atoms with Crippen molar-refractivity contribution in [2.24, 2.45) is 4.99 Å². The number of rotatable bonds is 3. The van der Waals surface area contributed by atoms with Crippen LogP contribution >= 0.6 is 12.2 Å². The second kappa shape index (κ2) is 8.15. The monoisotopic (exact) mass is 451 g/mol. The molecule has 2 N–H and O–H groups in total. The van der Waals surface area contributed by atoms with Crippen molar-refractivity contribution in [1.29, 1.82) is 0 Å². The van der Waals surface area contributed by atoms with E-state index >= 15 is 0 Å². The highest BCUT2D eigenvalue weighted by molar-refractivity contribution is 7.71. The van der Waals surface area contributed by atoms with Crippen molar-refractivity contribution in [1.82, 2.24) is 9.55 Å². The van der Waals surface area contributed by atoms with Crippen LogP contribution in [0.4, 0.5) is 5.69 Å². The van der Waals surface area contributed by atoms with Crippen molar-refractivity contribution >= 4 is 35.3 Å². The first-order valence-electron chi connectivity index (χ1n) is 10.6. The lowest BCUT2D eigenvalue weighted by Gasteiger charge is -2.14. The van der Waals surface area contributed by atoms with Crippen LogP contribution in [0.25, 0.3) is 17.3 Å². The van der Waals surface area contributed by atoms with Gasteiger partial charge in [-0.2, -0.15) is 0 Å². The molecule has 4 aromatic rings. The molecule has 2 heterocycles. The Labute approximate surface area is 196 Å². The number of hydrogen-bond acceptors (Lipinski definition) is 4. The zero-order chi connectivity index (χ0) is 23.1. The van der Waals surface area contributed by atoms with E-state index < -0.39 is 5.56 Å². The average Bonchev–Trinajstić information content (AvgIpc) is 3.18. The van der Waals surface area contributed by atoms with E-state index in [-0.39, 0.29) is 16.2 Å². The van der Waals surface area contributed by atoms with Gasteiger partial charge in [0.25, 0.3) is 5.56 Å². The van der Waals surface area contributed by atoms with Gasteiger partial charge < -0.3 is 5.11 Å². The summed E-state index contributed by atoms with van der Waals surface area (Å²) in [5.41, 5.74) is 6.69. The Hall–Kier alpha value is -4.03. The molecule has 33 heavy (non-hydrogen) atoms. The van der Waals surface area contributed by atoms with Crippen LogP contribution < -0.4 is 5.56 Å². The maximum absolute atomic E-state index is 12.9. The Morgan fingerprint density at radius 2 is 1.70 bits per heavy atom. The molecule has 162 valence electrons. The van der Waals surface area contributed by atoms with Gasteiger partial charge in [-0.05, 0) is 61.5 Å². The van der Waals surface area contributed by atoms with E-state index in [0.717, 1.165) is 39.2 Å². The number of aromatic amines is 1. The first-order valence-corrected chi connectivity index (χ1v) is 11.0. The number of aliphatic imine (C=N–C) groups is 1. The van der Waals surface area contributed by atoms with Crippen LogP contribution in [0.5, 0.6) is 5.88 Å². The third-order valence-electron chi connectivity index (χ3n) is 5.89. The molecule has 0 saturated carbocycles. The maximum atomic E-state index is 12.9. The van der Waals surface area contributed by atoms with Gasteiger partial charge in [-0.3, -0.25) is 14.3 Å². The predicted molar refractivity (Wildman–Crippen MR) is 135 cm³/mol. The van der Waals surface area contributed by atoms with Crippen molar-refractivity contribution in [3.8, 4) is 11.6 Å². The highest BCUT2D eigenvalue weighted by atomic mass is 32.1. The summed E-state index contributed by atoms with van der Waals surface area (Å²) in [4.78, 5) is 20.4. The lowest BCUT2D eigenvalue weighted by molar-refractivity contribution is 0.432. The fourth-order valence-electron chi connectivity index (χ4n) is 3.99. The molecule has 5 rings (SSSR count). The van der Waals surface area contributed by atoms with Crippen molar-refractivity contribution < 1.29 is 5.11 Å². The molecule has 0 amide bonds. The van der Waals surface area contributed by atoms with E-state index in [1.165, 1.54) is 4.57 Å². The smallest absolute Gasteiger partial charge is 0.262 e. The predicted octanol–water partition coefficient (Wildman–Crippen LogP) is 5.89. The third kappa shape index (κ3) is 3.64. The number of aromatic hydroxyl groups is 1. The second-order valence-electron chi connectivity index (χ2n) is 8.00. The summed E-state index contributed by atoms with van der Waals surface area (Å²) in [5.74, 6) is -0.212. The molecular formula is C27H21N3O2S. The van der Waals surface area contributed by atoms with Crippen LogP contribution in [0.2, 0.25) is 0 Å². The van der Waals surface area contributed by atoms with Gasteiger partial charge in [0.2, 0.25) is 5.88 Å². The molecule has 1 aromatic heterocycles. The van der Waals surface area contributed by atoms with Crippen molar-refractivity contribution in [3.63, 3.8) is 0 Å². The Morgan fingerprint density at radius 3 is 2.45 bits per heavy atom. The summed E-state index contributed by atoms with van der Waals surface area (Å²) in [6, 6.07) is 23.3. The molecule has 5 nitrogen and oxygen atoms in total. The van der Waals surface area contributed by atoms with Crippen LogP contribution in [0.15, 0.2) is 82.6 Å². The molecule has 6 heteroatoms. The normalized spacial score (nSPS) is 13.8. The number of para-hydroxylation sites is 1. The Bertz CT molecular complexity index is 1580. The van der Waals surface area contributed by atoms with E-state index in [4.69, 9.17) is 17.2 Å². The fourth-order valence-corrected chi connectivity index (χ4v) is 4.27. The number of nitrogens with zero attached hydrogens (tertiary/aromatic N) is 2. The molecule has 1 aliphatic heterocycles. The molecular weight excluding hydrogens is 430 g/mol. The summed E-state index contributed by atoms with van der Waals surface area (Å²) >= 11 is 5.39. The quantitative estimate of drug-likeness (QED) is 0.382. The van der Waals surface area contributed by atoms with Crippen molar-refractivity contribution in [2.45, 2.75) is 13.8 Å². The molecule has 1 aliphatic rings. The first kappa shape index (κ1) is 20.8. The fraction of sp³-hybridized carbons (Fsp3) is 0.0741. The number of benzene rings is 3. The Morgan fingerprint density at radius 1 is 0.970 bits per heavy atom. The number of allylic oxidation sites excluding steroid dienone is 1. The molecule has 0 unspecified atom stereocenters. The summed E-state index contributed by atoms with van der Waals surface area (Å²) in [7, 11) is 0. The summed E-state index contributed by atoms with van der Waals surface area (Å²) in [6.07, 6.45) is 1.69. The topological polar surface area (TPSA) is 70.4 Å². The minimum atomic E-state index is -0.457. The van der Waals surface area contributed by atoms with E-state index in [2.05, 4.69) is 4.98 Å². The SMILES string of the molecule is Cc1ccc(-n2c(O)c(C=C3C(c4ccccc4)=Nc4ccccc43)c(=O)[nH]c2=S)cc1C. The van der Waals surface area contributed by atoms with Crippen LogP contribution in [-0.4, -0.2) is 20.4 Å². The highest BCUT2D eigenvalue weighted by Gasteiger charge is 2.23. The Balaban J connectivity index is 1.75. The van der Waals surface area contributed by atoms with E-state index in [1.807, 2.05) is 86.6 Å². The zero-order valence-corrected chi connectivity index (χ0v) is 19.0. The lowest BCUT2D eigenvalue weighted by Crippen LogP contribution is -2.16. The molecule has 0 saturated heterocycles. The molecule has 0 atom stereocenters. The number of nitrogens with one attached hydrogen (secondary N) is 1. The summed E-state index contributed by atoms with van der Waals surface area (Å²) in [6.45, 7) is 4.01. The number of aromatic nitrogens is 2. The van der Waals surface area contributed by atoms with Gasteiger partial charge in [0, 0.05) is 16.7 Å². The minimum absolute atomic E-state index is 0.122. The van der Waals surface area contributed by atoms with Gasteiger partial charge in [0.1, 0.15) is 5.56 Å². The van der Waals surface area contributed by atoms with Gasteiger partial charge in [-0.1, -0.05) is 54.6 Å². The summed E-state index contributed by atoms with van der Waals surface area (Å²) in [5, 5.41) is 11.2. The number of hydrogen-bond donors (Lipinski definition) is 2. The molecule has 0 spiro atoms. The zero-order valence-electron chi connectivity index (χ0n) is 18.2. The first-order chi connectivity index (χ1) is 15.9. The van der Waals surface area contributed by atoms with E-state index in [9.17, 15) is 9.90 Å². The van der Waals surface area contributed by atoms with E-state index in [0.29, 0.717) is 5.69 Å². The molecule has 0 fully saturated rings. The largest absolute Gasteiger partial charge is 0.494 e. The number of H-pyrrole nitrogens is 1. The lowest BCUT2D eigenvalue weighted by atomic mass is 9.96. The Kier molecular flexibility index (Phi) is 5.15. The number of fused-ring (bicyclic) bond motifs is 1. The van der Waals surface area contributed by atoms with Crippen molar-refractivity contribution in [2.75, 3.05) is 0 Å².